The van der Waals surface area contributed by atoms with Crippen molar-refractivity contribution in [3.05, 3.63) is 59.7 Å². The number of nitrogens with zero attached hydrogens (tertiary/aromatic N) is 2. The van der Waals surface area contributed by atoms with Gasteiger partial charge in [-0.2, -0.15) is 5.26 Å². The SMILES string of the molecule is C#Cc1ccc(C(C(=O)Nc2ccc(OC)cc2)N(CC#N)C(=O)C(CC(N)=O)NC(=O)OC(C)(C)C)cc1. The Hall–Kier alpha value is -5.03. The summed E-state index contributed by atoms with van der Waals surface area (Å²) in [5, 5.41) is 14.6. The van der Waals surface area contributed by atoms with Gasteiger partial charge in [-0.15, -0.1) is 6.42 Å². The van der Waals surface area contributed by atoms with E-state index in [-0.39, 0.29) is 0 Å². The van der Waals surface area contributed by atoms with E-state index in [1.807, 2.05) is 6.07 Å². The third kappa shape index (κ3) is 9.09. The highest BCUT2D eigenvalue weighted by Gasteiger charge is 2.37. The number of carbonyl (C=O) groups is 4. The molecule has 0 saturated heterocycles. The van der Waals surface area contributed by atoms with Gasteiger partial charge in [0, 0.05) is 11.3 Å². The number of benzene rings is 2. The molecule has 2 aromatic carbocycles. The van der Waals surface area contributed by atoms with Crippen LogP contribution in [-0.4, -0.2) is 54.0 Å². The number of nitrogens with one attached hydrogen (secondary N) is 2. The lowest BCUT2D eigenvalue weighted by Gasteiger charge is -2.32. The average molecular weight is 534 g/mol. The van der Waals surface area contributed by atoms with E-state index in [9.17, 15) is 24.4 Å². The van der Waals surface area contributed by atoms with Crippen LogP contribution in [-0.2, 0) is 19.1 Å². The minimum absolute atomic E-state index is 0.332. The van der Waals surface area contributed by atoms with Gasteiger partial charge in [-0.05, 0) is 62.7 Å². The minimum atomic E-state index is -1.51. The number of anilines is 1. The molecule has 39 heavy (non-hydrogen) atoms. The number of terminal acetylenes is 1. The smallest absolute Gasteiger partial charge is 0.408 e. The molecule has 11 heteroatoms. The molecule has 2 rings (SSSR count). The molecular weight excluding hydrogens is 502 g/mol. The standard InChI is InChI=1S/C28H31N5O6/c1-6-18-7-9-19(10-8-18)24(25(35)31-20-11-13-21(38-5)14-12-20)33(16-15-29)26(36)22(17-23(30)34)32-27(37)39-28(2,3)4/h1,7-14,22,24H,16-17H2,2-5H3,(H2,30,34)(H,31,35)(H,32,37). The molecule has 4 N–H and O–H groups in total. The van der Waals surface area contributed by atoms with Gasteiger partial charge in [0.1, 0.15) is 30.0 Å². The van der Waals surface area contributed by atoms with Crippen molar-refractivity contribution in [2.75, 3.05) is 19.0 Å². The van der Waals surface area contributed by atoms with E-state index in [0.29, 0.717) is 22.6 Å². The van der Waals surface area contributed by atoms with Crippen LogP contribution in [0.3, 0.4) is 0 Å². The highest BCUT2D eigenvalue weighted by Crippen LogP contribution is 2.26. The molecular formula is C28H31N5O6. The Morgan fingerprint density at radius 3 is 2.18 bits per heavy atom. The normalized spacial score (nSPS) is 12.1. The average Bonchev–Trinajstić information content (AvgIpc) is 2.87. The molecule has 0 aromatic heterocycles. The van der Waals surface area contributed by atoms with Crippen molar-refractivity contribution in [1.82, 2.24) is 10.2 Å². The predicted octanol–water partition coefficient (Wildman–Crippen LogP) is 2.48. The van der Waals surface area contributed by atoms with Gasteiger partial charge in [0.05, 0.1) is 19.6 Å². The van der Waals surface area contributed by atoms with Gasteiger partial charge >= 0.3 is 6.09 Å². The number of hydrogen-bond acceptors (Lipinski definition) is 7. The molecule has 204 valence electrons. The molecule has 0 bridgehead atoms. The molecule has 0 spiro atoms. The Morgan fingerprint density at radius 2 is 1.69 bits per heavy atom. The highest BCUT2D eigenvalue weighted by molar-refractivity contribution is 5.99. The van der Waals surface area contributed by atoms with Crippen LogP contribution in [0.1, 0.15) is 44.4 Å². The van der Waals surface area contributed by atoms with E-state index >= 15 is 0 Å². The zero-order valence-electron chi connectivity index (χ0n) is 22.2. The largest absolute Gasteiger partial charge is 0.497 e. The molecule has 0 aliphatic carbocycles. The van der Waals surface area contributed by atoms with Crippen LogP contribution in [0.15, 0.2) is 48.5 Å². The topological polar surface area (TPSA) is 164 Å². The number of alkyl carbamates (subject to hydrolysis) is 1. The van der Waals surface area contributed by atoms with Crippen molar-refractivity contribution >= 4 is 29.5 Å². The summed E-state index contributed by atoms with van der Waals surface area (Å²) in [5.41, 5.74) is 5.71. The van der Waals surface area contributed by atoms with Crippen LogP contribution in [0.25, 0.3) is 0 Å². The summed E-state index contributed by atoms with van der Waals surface area (Å²) < 4.78 is 10.3. The van der Waals surface area contributed by atoms with Crippen LogP contribution in [0.2, 0.25) is 0 Å². The zero-order valence-corrected chi connectivity index (χ0v) is 22.2. The number of primary amides is 1. The first-order chi connectivity index (χ1) is 18.4. The lowest BCUT2D eigenvalue weighted by Crippen LogP contribution is -2.53. The van der Waals surface area contributed by atoms with Crippen LogP contribution >= 0.6 is 0 Å². The third-order valence-corrected chi connectivity index (χ3v) is 5.23. The van der Waals surface area contributed by atoms with E-state index in [1.165, 1.54) is 7.11 Å². The molecule has 2 unspecified atom stereocenters. The second kappa shape index (κ2) is 13.5. The van der Waals surface area contributed by atoms with Crippen molar-refractivity contribution in [3.63, 3.8) is 0 Å². The monoisotopic (exact) mass is 533 g/mol. The van der Waals surface area contributed by atoms with Gasteiger partial charge in [-0.25, -0.2) is 4.79 Å². The van der Waals surface area contributed by atoms with Crippen LogP contribution in [0.4, 0.5) is 10.5 Å². The van der Waals surface area contributed by atoms with Gasteiger partial charge in [0.25, 0.3) is 5.91 Å². The number of nitriles is 1. The molecule has 2 aromatic rings. The summed E-state index contributed by atoms with van der Waals surface area (Å²) in [4.78, 5) is 52.5. The van der Waals surface area contributed by atoms with Crippen molar-refractivity contribution < 1.29 is 28.7 Å². The zero-order chi connectivity index (χ0) is 29.2. The highest BCUT2D eigenvalue weighted by atomic mass is 16.6. The van der Waals surface area contributed by atoms with Gasteiger partial charge in [0.2, 0.25) is 11.8 Å². The minimum Gasteiger partial charge on any atom is -0.497 e. The van der Waals surface area contributed by atoms with E-state index < -0.39 is 54.5 Å². The number of rotatable bonds is 10. The Bertz CT molecular complexity index is 1270. The number of nitrogens with two attached hydrogens (primary N) is 1. The Balaban J connectivity index is 2.51. The molecule has 0 heterocycles. The number of carbonyl (C=O) groups excluding carboxylic acids is 4. The number of amides is 4. The lowest BCUT2D eigenvalue weighted by atomic mass is 10.0. The summed E-state index contributed by atoms with van der Waals surface area (Å²) in [5.74, 6) is 0.598. The second-order valence-electron chi connectivity index (χ2n) is 9.38. The van der Waals surface area contributed by atoms with Crippen LogP contribution in [0, 0.1) is 23.7 Å². The van der Waals surface area contributed by atoms with Crippen molar-refractivity contribution in [3.8, 4) is 24.2 Å². The van der Waals surface area contributed by atoms with E-state index in [1.54, 1.807) is 69.3 Å². The first-order valence-electron chi connectivity index (χ1n) is 11.8. The molecule has 11 nitrogen and oxygen atoms in total. The van der Waals surface area contributed by atoms with E-state index in [0.717, 1.165) is 4.90 Å². The predicted molar refractivity (Wildman–Crippen MR) is 143 cm³/mol. The maximum Gasteiger partial charge on any atom is 0.408 e. The molecule has 0 saturated carbocycles. The fraction of sp³-hybridized carbons (Fsp3) is 0.321. The van der Waals surface area contributed by atoms with E-state index in [4.69, 9.17) is 21.6 Å². The maximum absolute atomic E-state index is 13.7. The fourth-order valence-electron chi connectivity index (χ4n) is 3.54. The van der Waals surface area contributed by atoms with E-state index in [2.05, 4.69) is 16.6 Å². The first-order valence-corrected chi connectivity index (χ1v) is 11.8. The summed E-state index contributed by atoms with van der Waals surface area (Å²) in [6, 6.07) is 11.8. The third-order valence-electron chi connectivity index (χ3n) is 5.23. The number of ether oxygens (including phenoxy) is 2. The number of hydrogen-bond donors (Lipinski definition) is 3. The van der Waals surface area contributed by atoms with Crippen molar-refractivity contribution in [2.24, 2.45) is 5.73 Å². The lowest BCUT2D eigenvalue weighted by molar-refractivity contribution is -0.141. The quantitative estimate of drug-likeness (QED) is 0.312. The van der Waals surface area contributed by atoms with Crippen molar-refractivity contribution in [1.29, 1.82) is 5.26 Å². The van der Waals surface area contributed by atoms with Gasteiger partial charge in [-0.1, -0.05) is 18.1 Å². The van der Waals surface area contributed by atoms with Gasteiger partial charge in [-0.3, -0.25) is 14.4 Å². The molecule has 0 aliphatic heterocycles. The first kappa shape index (κ1) is 30.2. The second-order valence-corrected chi connectivity index (χ2v) is 9.38. The molecule has 0 radical (unpaired) electrons. The Kier molecular flexibility index (Phi) is 10.4. The van der Waals surface area contributed by atoms with Gasteiger partial charge < -0.3 is 30.7 Å². The Labute approximate surface area is 227 Å². The maximum atomic E-state index is 13.7. The van der Waals surface area contributed by atoms with Crippen LogP contribution < -0.4 is 21.1 Å². The summed E-state index contributed by atoms with van der Waals surface area (Å²) in [7, 11) is 1.50. The van der Waals surface area contributed by atoms with Gasteiger partial charge in [0.15, 0.2) is 0 Å². The van der Waals surface area contributed by atoms with Crippen molar-refractivity contribution in [2.45, 2.75) is 44.9 Å². The fourth-order valence-corrected chi connectivity index (χ4v) is 3.54. The summed E-state index contributed by atoms with van der Waals surface area (Å²) in [6.07, 6.45) is 3.88. The summed E-state index contributed by atoms with van der Waals surface area (Å²) >= 11 is 0. The molecule has 4 amide bonds. The number of methoxy groups -OCH3 is 1. The summed E-state index contributed by atoms with van der Waals surface area (Å²) in [6.45, 7) is 4.32. The van der Waals surface area contributed by atoms with Crippen LogP contribution in [0.5, 0.6) is 5.75 Å². The Morgan fingerprint density at radius 1 is 1.08 bits per heavy atom. The molecule has 0 fully saturated rings. The molecule has 0 aliphatic rings. The molecule has 2 atom stereocenters.